The van der Waals surface area contributed by atoms with Crippen LogP contribution in [0.1, 0.15) is 5.56 Å². The molecule has 0 saturated carbocycles. The average Bonchev–Trinajstić information content (AvgIpc) is 3.18. The van der Waals surface area contributed by atoms with Crippen LogP contribution < -0.4 is 5.01 Å². The fourth-order valence-electron chi connectivity index (χ4n) is 2.76. The molecule has 0 aliphatic carbocycles. The van der Waals surface area contributed by atoms with Crippen molar-refractivity contribution >= 4 is 22.5 Å². The molecule has 2 aromatic rings. The molecule has 5 atom stereocenters. The maximum absolute atomic E-state index is 10.7. The molecule has 1 aliphatic heterocycles. The quantitative estimate of drug-likeness (QED) is 0.464. The number of hydrazone groups is 1. The Hall–Kier alpha value is -1.94. The van der Waals surface area contributed by atoms with E-state index in [0.29, 0.717) is 10.7 Å². The van der Waals surface area contributed by atoms with Gasteiger partial charge in [-0.25, -0.2) is 5.01 Å². The first-order valence-electron chi connectivity index (χ1n) is 8.51. The van der Waals surface area contributed by atoms with E-state index in [9.17, 15) is 20.4 Å². The fourth-order valence-corrected chi connectivity index (χ4v) is 3.96. The first kappa shape index (κ1) is 19.8. The van der Waals surface area contributed by atoms with Crippen molar-refractivity contribution in [3.63, 3.8) is 0 Å². The second kappa shape index (κ2) is 8.83. The summed E-state index contributed by atoms with van der Waals surface area (Å²) >= 11 is 1.25. The van der Waals surface area contributed by atoms with E-state index in [-0.39, 0.29) is 0 Å². The molecular weight excluding hydrogens is 368 g/mol. The maximum Gasteiger partial charge on any atom is 0.132 e. The molecule has 0 spiro atoms. The Morgan fingerprint density at radius 1 is 0.889 bits per heavy atom. The standard InChI is InChI=1S/C19H22N2O5S/c22-11-14(23)15(24)16(25)17(26)19-21(13-9-5-2-6-10-13)20-18(27-19)12-7-3-1-4-8-12/h1-10,14-17,19,22-26H,11H2/t14-,15+,16+,17-,19+/m1/s1. The third-order valence-corrected chi connectivity index (χ3v) is 5.55. The molecule has 1 heterocycles. The summed E-state index contributed by atoms with van der Waals surface area (Å²) in [7, 11) is 0. The summed E-state index contributed by atoms with van der Waals surface area (Å²) in [6, 6.07) is 18.6. The number of hydrogen-bond acceptors (Lipinski definition) is 8. The van der Waals surface area contributed by atoms with Crippen molar-refractivity contribution in [1.29, 1.82) is 0 Å². The number of aliphatic hydroxyl groups excluding tert-OH is 5. The highest BCUT2D eigenvalue weighted by Gasteiger charge is 2.41. The van der Waals surface area contributed by atoms with Gasteiger partial charge in [0.05, 0.1) is 12.3 Å². The van der Waals surface area contributed by atoms with Gasteiger partial charge in [-0.3, -0.25) is 0 Å². The van der Waals surface area contributed by atoms with Crippen LogP contribution in [0.4, 0.5) is 5.69 Å². The Bertz CT molecular complexity index is 761. The van der Waals surface area contributed by atoms with Gasteiger partial charge in [-0.05, 0) is 12.1 Å². The Labute approximate surface area is 161 Å². The topological polar surface area (TPSA) is 117 Å². The molecule has 144 valence electrons. The Morgan fingerprint density at radius 2 is 1.48 bits per heavy atom. The van der Waals surface area contributed by atoms with Crippen LogP contribution in [-0.2, 0) is 0 Å². The van der Waals surface area contributed by atoms with Crippen molar-refractivity contribution < 1.29 is 25.5 Å². The molecule has 2 aromatic carbocycles. The van der Waals surface area contributed by atoms with Gasteiger partial charge in [0.15, 0.2) is 0 Å². The Morgan fingerprint density at radius 3 is 2.07 bits per heavy atom. The van der Waals surface area contributed by atoms with E-state index in [1.165, 1.54) is 11.8 Å². The van der Waals surface area contributed by atoms with Crippen LogP contribution >= 0.6 is 11.8 Å². The first-order valence-corrected chi connectivity index (χ1v) is 9.39. The van der Waals surface area contributed by atoms with Crippen LogP contribution in [0.25, 0.3) is 0 Å². The van der Waals surface area contributed by atoms with Crippen LogP contribution in [0.15, 0.2) is 65.8 Å². The van der Waals surface area contributed by atoms with Crippen molar-refractivity contribution in [2.45, 2.75) is 29.8 Å². The minimum Gasteiger partial charge on any atom is -0.394 e. The van der Waals surface area contributed by atoms with E-state index in [1.807, 2.05) is 60.7 Å². The molecule has 7 nitrogen and oxygen atoms in total. The molecule has 0 saturated heterocycles. The molecule has 3 rings (SSSR count). The zero-order chi connectivity index (χ0) is 19.4. The molecular formula is C19H22N2O5S. The Balaban J connectivity index is 1.89. The third-order valence-electron chi connectivity index (χ3n) is 4.29. The number of rotatable bonds is 7. The van der Waals surface area contributed by atoms with E-state index in [2.05, 4.69) is 5.10 Å². The predicted octanol–water partition coefficient (Wildman–Crippen LogP) is 0.364. The molecule has 0 bridgehead atoms. The molecule has 0 unspecified atom stereocenters. The number of anilines is 1. The largest absolute Gasteiger partial charge is 0.394 e. The van der Waals surface area contributed by atoms with Crippen molar-refractivity contribution in [3.8, 4) is 0 Å². The SMILES string of the molecule is OC[C@@H](O)[C@H](O)[C@H](O)[C@@H](O)[C@@H]1SC(c2ccccc2)=NN1c1ccccc1. The Kier molecular flexibility index (Phi) is 6.48. The minimum atomic E-state index is -1.69. The lowest BCUT2D eigenvalue weighted by Crippen LogP contribution is -2.52. The lowest BCUT2D eigenvalue weighted by Gasteiger charge is -2.32. The predicted molar refractivity (Wildman–Crippen MR) is 104 cm³/mol. The van der Waals surface area contributed by atoms with Crippen molar-refractivity contribution in [3.05, 3.63) is 66.2 Å². The van der Waals surface area contributed by atoms with Gasteiger partial charge in [0.25, 0.3) is 0 Å². The second-order valence-corrected chi connectivity index (χ2v) is 7.29. The highest BCUT2D eigenvalue weighted by atomic mass is 32.2. The average molecular weight is 390 g/mol. The highest BCUT2D eigenvalue weighted by Crippen LogP contribution is 2.36. The number of hydrogen-bond donors (Lipinski definition) is 5. The van der Waals surface area contributed by atoms with Gasteiger partial charge in [0.2, 0.25) is 0 Å². The maximum atomic E-state index is 10.7. The number of aliphatic hydroxyl groups is 5. The molecule has 5 N–H and O–H groups in total. The zero-order valence-electron chi connectivity index (χ0n) is 14.4. The molecule has 1 aliphatic rings. The van der Waals surface area contributed by atoms with Gasteiger partial charge in [0.1, 0.15) is 34.8 Å². The van der Waals surface area contributed by atoms with Gasteiger partial charge < -0.3 is 25.5 Å². The van der Waals surface area contributed by atoms with Crippen LogP contribution in [0, 0.1) is 0 Å². The van der Waals surface area contributed by atoms with Gasteiger partial charge in [-0.2, -0.15) is 5.10 Å². The zero-order valence-corrected chi connectivity index (χ0v) is 15.2. The smallest absolute Gasteiger partial charge is 0.132 e. The van der Waals surface area contributed by atoms with E-state index in [0.717, 1.165) is 5.56 Å². The summed E-state index contributed by atoms with van der Waals surface area (Å²) in [5.74, 6) is 0. The molecule has 0 amide bonds. The van der Waals surface area contributed by atoms with Crippen LogP contribution in [0.3, 0.4) is 0 Å². The van der Waals surface area contributed by atoms with E-state index >= 15 is 0 Å². The third kappa shape index (κ3) is 4.32. The van der Waals surface area contributed by atoms with Gasteiger partial charge in [-0.15, -0.1) is 0 Å². The van der Waals surface area contributed by atoms with E-state index in [4.69, 9.17) is 5.11 Å². The molecule has 0 aromatic heterocycles. The lowest BCUT2D eigenvalue weighted by atomic mass is 10.0. The van der Waals surface area contributed by atoms with Crippen LogP contribution in [0.5, 0.6) is 0 Å². The normalized spacial score (nSPS) is 21.4. The number of benzene rings is 2. The van der Waals surface area contributed by atoms with Crippen molar-refractivity contribution in [1.82, 2.24) is 0 Å². The number of para-hydroxylation sites is 1. The monoisotopic (exact) mass is 390 g/mol. The van der Waals surface area contributed by atoms with Gasteiger partial charge >= 0.3 is 0 Å². The van der Waals surface area contributed by atoms with Crippen LogP contribution in [0.2, 0.25) is 0 Å². The highest BCUT2D eigenvalue weighted by molar-refractivity contribution is 8.15. The summed E-state index contributed by atoms with van der Waals surface area (Å²) in [6.45, 7) is -0.725. The van der Waals surface area contributed by atoms with E-state index < -0.39 is 36.4 Å². The molecule has 0 radical (unpaired) electrons. The summed E-state index contributed by atoms with van der Waals surface area (Å²) in [5, 5.41) is 55.6. The lowest BCUT2D eigenvalue weighted by molar-refractivity contribution is -0.114. The summed E-state index contributed by atoms with van der Waals surface area (Å²) in [5.41, 5.74) is 1.58. The van der Waals surface area contributed by atoms with Crippen LogP contribution in [-0.4, -0.2) is 67.0 Å². The van der Waals surface area contributed by atoms with Crippen molar-refractivity contribution in [2.75, 3.05) is 11.6 Å². The fraction of sp³-hybridized carbons (Fsp3) is 0.316. The van der Waals surface area contributed by atoms with Gasteiger partial charge in [-0.1, -0.05) is 60.3 Å². The van der Waals surface area contributed by atoms with Gasteiger partial charge in [0, 0.05) is 5.56 Å². The summed E-state index contributed by atoms with van der Waals surface area (Å²) in [4.78, 5) is 0. The number of thioether (sulfide) groups is 1. The molecule has 0 fully saturated rings. The summed E-state index contributed by atoms with van der Waals surface area (Å²) < 4.78 is 0. The van der Waals surface area contributed by atoms with Crippen molar-refractivity contribution in [2.24, 2.45) is 5.10 Å². The molecule has 27 heavy (non-hydrogen) atoms. The summed E-state index contributed by atoms with van der Waals surface area (Å²) in [6.07, 6.45) is -6.35. The first-order chi connectivity index (χ1) is 13.0. The van der Waals surface area contributed by atoms with E-state index in [1.54, 1.807) is 5.01 Å². The minimum absolute atomic E-state index is 0.660. The number of nitrogens with zero attached hydrogens (tertiary/aromatic N) is 2. The molecule has 8 heteroatoms. The second-order valence-electron chi connectivity index (χ2n) is 6.18.